The highest BCUT2D eigenvalue weighted by molar-refractivity contribution is 9.10. The molecule has 0 aliphatic carbocycles. The number of para-hydroxylation sites is 1. The second kappa shape index (κ2) is 6.54. The highest BCUT2D eigenvalue weighted by atomic mass is 79.9. The number of anilines is 2. The smallest absolute Gasteiger partial charge is 0.262 e. The van der Waals surface area contributed by atoms with Crippen molar-refractivity contribution in [2.24, 2.45) is 0 Å². The minimum atomic E-state index is -0.337. The maximum atomic E-state index is 13.3. The van der Waals surface area contributed by atoms with Crippen molar-refractivity contribution in [2.75, 3.05) is 10.2 Å². The molecule has 0 bridgehead atoms. The predicted molar refractivity (Wildman–Crippen MR) is 105 cm³/mol. The van der Waals surface area contributed by atoms with Crippen molar-refractivity contribution in [2.45, 2.75) is 6.17 Å². The van der Waals surface area contributed by atoms with Crippen LogP contribution >= 0.6 is 27.5 Å². The molecule has 3 aromatic rings. The third-order valence-corrected chi connectivity index (χ3v) is 5.17. The van der Waals surface area contributed by atoms with E-state index in [1.54, 1.807) is 17.0 Å². The molecule has 3 aromatic carbocycles. The van der Waals surface area contributed by atoms with Crippen molar-refractivity contribution in [1.82, 2.24) is 0 Å². The van der Waals surface area contributed by atoms with Gasteiger partial charge in [0.25, 0.3) is 5.91 Å². The van der Waals surface area contributed by atoms with Gasteiger partial charge in [-0.15, -0.1) is 0 Å². The van der Waals surface area contributed by atoms with Gasteiger partial charge in [0, 0.05) is 26.4 Å². The van der Waals surface area contributed by atoms with E-state index in [9.17, 15) is 4.79 Å². The molecule has 1 aliphatic rings. The van der Waals surface area contributed by atoms with Crippen molar-refractivity contribution in [3.63, 3.8) is 0 Å². The number of carbonyl (C=O) groups is 1. The Balaban J connectivity index is 1.90. The van der Waals surface area contributed by atoms with Crippen LogP contribution in [0.5, 0.6) is 0 Å². The summed E-state index contributed by atoms with van der Waals surface area (Å²) in [5.74, 6) is -0.0580. The van der Waals surface area contributed by atoms with Gasteiger partial charge >= 0.3 is 0 Å². The lowest BCUT2D eigenvalue weighted by atomic mass is 10.0. The van der Waals surface area contributed by atoms with E-state index in [0.717, 1.165) is 21.4 Å². The molecule has 1 atom stereocenters. The number of hydrogen-bond donors (Lipinski definition) is 1. The lowest BCUT2D eigenvalue weighted by Gasteiger charge is -2.38. The van der Waals surface area contributed by atoms with E-state index < -0.39 is 0 Å². The molecule has 0 fully saturated rings. The first kappa shape index (κ1) is 16.2. The molecule has 1 unspecified atom stereocenters. The predicted octanol–water partition coefficient (Wildman–Crippen LogP) is 5.87. The highest BCUT2D eigenvalue weighted by Crippen LogP contribution is 2.39. The second-order valence-electron chi connectivity index (χ2n) is 5.77. The third kappa shape index (κ3) is 2.92. The molecule has 4 rings (SSSR count). The fourth-order valence-corrected chi connectivity index (χ4v) is 3.75. The first-order valence-electron chi connectivity index (χ1n) is 7.84. The molecule has 0 saturated carbocycles. The number of nitrogens with zero attached hydrogens (tertiary/aromatic N) is 1. The van der Waals surface area contributed by atoms with Crippen LogP contribution in [0, 0.1) is 0 Å². The van der Waals surface area contributed by atoms with E-state index in [-0.39, 0.29) is 12.1 Å². The van der Waals surface area contributed by atoms with Gasteiger partial charge in [0.15, 0.2) is 0 Å². The van der Waals surface area contributed by atoms with Gasteiger partial charge in [-0.2, -0.15) is 0 Å². The van der Waals surface area contributed by atoms with Gasteiger partial charge < -0.3 is 5.32 Å². The standard InChI is InChI=1S/C20H14BrClN2O/c21-17-10-3-1-8-15(17)19-23-18-11-4-2-9-16(18)20(25)24(19)14-7-5-6-13(22)12-14/h1-12,19,23H. The van der Waals surface area contributed by atoms with Crippen molar-refractivity contribution in [3.8, 4) is 0 Å². The number of hydrogen-bond acceptors (Lipinski definition) is 2. The summed E-state index contributed by atoms with van der Waals surface area (Å²) < 4.78 is 0.937. The summed E-state index contributed by atoms with van der Waals surface area (Å²) in [6.45, 7) is 0. The molecule has 0 radical (unpaired) electrons. The summed E-state index contributed by atoms with van der Waals surface area (Å²) in [6, 6.07) is 22.8. The quantitative estimate of drug-likeness (QED) is 0.569. The summed E-state index contributed by atoms with van der Waals surface area (Å²) in [6.07, 6.45) is -0.337. The van der Waals surface area contributed by atoms with E-state index in [2.05, 4.69) is 21.2 Å². The number of halogens is 2. The largest absolute Gasteiger partial charge is 0.360 e. The van der Waals surface area contributed by atoms with Crippen molar-refractivity contribution in [3.05, 3.63) is 93.4 Å². The molecule has 25 heavy (non-hydrogen) atoms. The minimum Gasteiger partial charge on any atom is -0.360 e. The third-order valence-electron chi connectivity index (χ3n) is 4.21. The van der Waals surface area contributed by atoms with Gasteiger partial charge in [-0.05, 0) is 36.4 Å². The molecule has 1 heterocycles. The number of amides is 1. The van der Waals surface area contributed by atoms with Crippen LogP contribution in [-0.4, -0.2) is 5.91 Å². The van der Waals surface area contributed by atoms with E-state index in [0.29, 0.717) is 10.6 Å². The van der Waals surface area contributed by atoms with Crippen LogP contribution in [0.1, 0.15) is 22.1 Å². The van der Waals surface area contributed by atoms with Crippen molar-refractivity contribution in [1.29, 1.82) is 0 Å². The van der Waals surface area contributed by atoms with Crippen molar-refractivity contribution >= 4 is 44.8 Å². The summed E-state index contributed by atoms with van der Waals surface area (Å²) in [7, 11) is 0. The molecule has 3 nitrogen and oxygen atoms in total. The van der Waals surface area contributed by atoms with E-state index in [4.69, 9.17) is 11.6 Å². The fourth-order valence-electron chi connectivity index (χ4n) is 3.06. The summed E-state index contributed by atoms with van der Waals surface area (Å²) in [4.78, 5) is 15.0. The molecular weight excluding hydrogens is 400 g/mol. The Labute approximate surface area is 159 Å². The molecule has 124 valence electrons. The van der Waals surface area contributed by atoms with Crippen molar-refractivity contribution < 1.29 is 4.79 Å². The number of carbonyl (C=O) groups excluding carboxylic acids is 1. The van der Waals surface area contributed by atoms with Gasteiger partial charge in [0.2, 0.25) is 0 Å². The molecule has 1 N–H and O–H groups in total. The van der Waals surface area contributed by atoms with E-state index >= 15 is 0 Å². The topological polar surface area (TPSA) is 32.3 Å². The Bertz CT molecular complexity index is 960. The van der Waals surface area contributed by atoms with Gasteiger partial charge in [-0.25, -0.2) is 0 Å². The molecule has 1 aliphatic heterocycles. The molecular formula is C20H14BrClN2O. The van der Waals surface area contributed by atoms with Gasteiger partial charge in [-0.3, -0.25) is 9.69 Å². The maximum Gasteiger partial charge on any atom is 0.262 e. The molecule has 0 saturated heterocycles. The number of nitrogens with one attached hydrogen (secondary N) is 1. The lowest BCUT2D eigenvalue weighted by Crippen LogP contribution is -2.43. The maximum absolute atomic E-state index is 13.3. The van der Waals surface area contributed by atoms with E-state index in [1.807, 2.05) is 60.7 Å². The first-order chi connectivity index (χ1) is 12.1. The average Bonchev–Trinajstić information content (AvgIpc) is 2.62. The van der Waals surface area contributed by atoms with Crippen LogP contribution in [0.15, 0.2) is 77.3 Å². The van der Waals surface area contributed by atoms with Crippen LogP contribution in [-0.2, 0) is 0 Å². The first-order valence-corrected chi connectivity index (χ1v) is 9.01. The molecule has 0 aromatic heterocycles. The Hall–Kier alpha value is -2.30. The van der Waals surface area contributed by atoms with Crippen LogP contribution in [0.2, 0.25) is 5.02 Å². The molecule has 1 amide bonds. The Morgan fingerprint density at radius 1 is 0.960 bits per heavy atom. The summed E-state index contributed by atoms with van der Waals surface area (Å²) in [5.41, 5.74) is 3.20. The van der Waals surface area contributed by atoms with Crippen LogP contribution in [0.3, 0.4) is 0 Å². The Kier molecular flexibility index (Phi) is 4.24. The van der Waals surface area contributed by atoms with Gasteiger partial charge in [0.05, 0.1) is 5.56 Å². The van der Waals surface area contributed by atoms with Gasteiger partial charge in [0.1, 0.15) is 6.17 Å². The fraction of sp³-hybridized carbons (Fsp3) is 0.0500. The SMILES string of the molecule is O=C1c2ccccc2NC(c2ccccc2Br)N1c1cccc(Cl)c1. The van der Waals surface area contributed by atoms with Crippen LogP contribution < -0.4 is 10.2 Å². The molecule has 0 spiro atoms. The number of benzene rings is 3. The monoisotopic (exact) mass is 412 g/mol. The van der Waals surface area contributed by atoms with Gasteiger partial charge in [-0.1, -0.05) is 63.9 Å². The Morgan fingerprint density at radius 3 is 2.52 bits per heavy atom. The normalized spacial score (nSPS) is 16.3. The number of fused-ring (bicyclic) bond motifs is 1. The summed E-state index contributed by atoms with van der Waals surface area (Å²) >= 11 is 9.77. The molecule has 5 heteroatoms. The lowest BCUT2D eigenvalue weighted by molar-refractivity contribution is 0.0975. The second-order valence-corrected chi connectivity index (χ2v) is 7.06. The van der Waals surface area contributed by atoms with E-state index in [1.165, 1.54) is 0 Å². The zero-order valence-corrected chi connectivity index (χ0v) is 15.5. The zero-order valence-electron chi connectivity index (χ0n) is 13.1. The Morgan fingerprint density at radius 2 is 1.72 bits per heavy atom. The zero-order chi connectivity index (χ0) is 17.4. The summed E-state index contributed by atoms with van der Waals surface area (Å²) in [5, 5.41) is 4.08. The highest BCUT2D eigenvalue weighted by Gasteiger charge is 2.34. The number of rotatable bonds is 2. The minimum absolute atomic E-state index is 0.0580. The van der Waals surface area contributed by atoms with Crippen LogP contribution in [0.25, 0.3) is 0 Å². The average molecular weight is 414 g/mol. The van der Waals surface area contributed by atoms with Crippen LogP contribution in [0.4, 0.5) is 11.4 Å².